The van der Waals surface area contributed by atoms with E-state index in [4.69, 9.17) is 0 Å². The molecule has 1 N–H and O–H groups in total. The van der Waals surface area contributed by atoms with Gasteiger partial charge in [0.05, 0.1) is 6.54 Å². The number of carbonyl (C=O) groups is 1. The fourth-order valence-electron chi connectivity index (χ4n) is 3.12. The Morgan fingerprint density at radius 2 is 1.86 bits per heavy atom. The van der Waals surface area contributed by atoms with Crippen LogP contribution in [0.1, 0.15) is 6.42 Å². The summed E-state index contributed by atoms with van der Waals surface area (Å²) in [6.07, 6.45) is 4.80. The van der Waals surface area contributed by atoms with Crippen LogP contribution in [0.3, 0.4) is 0 Å². The Bertz CT molecular complexity index is 347. The lowest BCUT2D eigenvalue weighted by Crippen LogP contribution is -2.53. The highest BCUT2D eigenvalue weighted by Crippen LogP contribution is 2.12. The standard InChI is InChI=1S/C16H28N4O/c1-3-7-20(8-4-2)16(21)14-18-9-11-19(12-10-18)15-5-6-17-13-15/h3-4,15,17H,1-2,5-14H2. The summed E-state index contributed by atoms with van der Waals surface area (Å²) < 4.78 is 0. The van der Waals surface area contributed by atoms with Crippen LogP contribution in [-0.2, 0) is 4.79 Å². The van der Waals surface area contributed by atoms with E-state index in [1.807, 2.05) is 0 Å². The zero-order valence-electron chi connectivity index (χ0n) is 13.0. The molecule has 5 nitrogen and oxygen atoms in total. The van der Waals surface area contributed by atoms with Crippen LogP contribution in [0.5, 0.6) is 0 Å². The van der Waals surface area contributed by atoms with Gasteiger partial charge in [0, 0.05) is 51.9 Å². The molecule has 2 fully saturated rings. The Morgan fingerprint density at radius 1 is 1.19 bits per heavy atom. The van der Waals surface area contributed by atoms with Gasteiger partial charge >= 0.3 is 0 Å². The molecule has 1 atom stereocenters. The van der Waals surface area contributed by atoms with Crippen molar-refractivity contribution in [2.75, 3.05) is 58.9 Å². The predicted octanol–water partition coefficient (Wildman–Crippen LogP) is 0.167. The molecule has 0 saturated carbocycles. The van der Waals surface area contributed by atoms with Gasteiger partial charge in [-0.15, -0.1) is 13.2 Å². The van der Waals surface area contributed by atoms with Crippen LogP contribution in [0.4, 0.5) is 0 Å². The number of rotatable bonds is 7. The van der Waals surface area contributed by atoms with Crippen molar-refractivity contribution in [3.63, 3.8) is 0 Å². The Labute approximate surface area is 128 Å². The highest BCUT2D eigenvalue weighted by atomic mass is 16.2. The van der Waals surface area contributed by atoms with Crippen molar-refractivity contribution in [3.05, 3.63) is 25.3 Å². The molecule has 0 aromatic heterocycles. The van der Waals surface area contributed by atoms with Gasteiger partial charge in [-0.05, 0) is 13.0 Å². The summed E-state index contributed by atoms with van der Waals surface area (Å²) in [5, 5.41) is 3.42. The molecule has 2 rings (SSSR count). The van der Waals surface area contributed by atoms with Crippen molar-refractivity contribution in [1.82, 2.24) is 20.0 Å². The molecule has 118 valence electrons. The molecule has 0 aliphatic carbocycles. The largest absolute Gasteiger partial charge is 0.334 e. The second-order valence-electron chi connectivity index (χ2n) is 5.83. The van der Waals surface area contributed by atoms with Crippen LogP contribution in [0.25, 0.3) is 0 Å². The molecule has 0 aromatic rings. The summed E-state index contributed by atoms with van der Waals surface area (Å²) in [7, 11) is 0. The van der Waals surface area contributed by atoms with Crippen LogP contribution in [0, 0.1) is 0 Å². The quantitative estimate of drug-likeness (QED) is 0.679. The Morgan fingerprint density at radius 3 is 2.38 bits per heavy atom. The summed E-state index contributed by atoms with van der Waals surface area (Å²) in [4.78, 5) is 18.9. The lowest BCUT2D eigenvalue weighted by molar-refractivity contribution is -0.131. The summed E-state index contributed by atoms with van der Waals surface area (Å²) in [6.45, 7) is 15.5. The minimum absolute atomic E-state index is 0.172. The molecule has 0 radical (unpaired) electrons. The van der Waals surface area contributed by atoms with Crippen molar-refractivity contribution >= 4 is 5.91 Å². The van der Waals surface area contributed by atoms with E-state index >= 15 is 0 Å². The number of hydrogen-bond donors (Lipinski definition) is 1. The zero-order chi connectivity index (χ0) is 15.1. The van der Waals surface area contributed by atoms with Crippen LogP contribution in [0.15, 0.2) is 25.3 Å². The average Bonchev–Trinajstić information content (AvgIpc) is 3.02. The fourth-order valence-corrected chi connectivity index (χ4v) is 3.12. The first-order chi connectivity index (χ1) is 10.2. The summed E-state index contributed by atoms with van der Waals surface area (Å²) in [5.41, 5.74) is 0. The van der Waals surface area contributed by atoms with Gasteiger partial charge in [0.25, 0.3) is 0 Å². The SMILES string of the molecule is C=CCN(CC=C)C(=O)CN1CCN(C2CCNC2)CC1. The number of nitrogens with one attached hydrogen (secondary N) is 1. The van der Waals surface area contributed by atoms with E-state index in [1.54, 1.807) is 17.1 Å². The van der Waals surface area contributed by atoms with Gasteiger partial charge in [0.2, 0.25) is 5.91 Å². The number of carbonyl (C=O) groups excluding carboxylic acids is 1. The molecule has 2 saturated heterocycles. The van der Waals surface area contributed by atoms with E-state index in [0.717, 1.165) is 39.3 Å². The highest BCUT2D eigenvalue weighted by Gasteiger charge is 2.27. The summed E-state index contributed by atoms with van der Waals surface area (Å²) in [6, 6.07) is 0.695. The van der Waals surface area contributed by atoms with E-state index in [-0.39, 0.29) is 5.91 Å². The number of hydrogen-bond acceptors (Lipinski definition) is 4. The van der Waals surface area contributed by atoms with Crippen LogP contribution >= 0.6 is 0 Å². The molecule has 1 amide bonds. The van der Waals surface area contributed by atoms with Crippen molar-refractivity contribution in [2.45, 2.75) is 12.5 Å². The first-order valence-corrected chi connectivity index (χ1v) is 7.91. The Hall–Kier alpha value is -1.17. The molecule has 0 spiro atoms. The van der Waals surface area contributed by atoms with Gasteiger partial charge in [0.1, 0.15) is 0 Å². The van der Waals surface area contributed by atoms with E-state index in [2.05, 4.69) is 28.3 Å². The van der Waals surface area contributed by atoms with Gasteiger partial charge in [-0.1, -0.05) is 12.2 Å². The molecule has 2 aliphatic rings. The third-order valence-electron chi connectivity index (χ3n) is 4.37. The monoisotopic (exact) mass is 292 g/mol. The molecular weight excluding hydrogens is 264 g/mol. The van der Waals surface area contributed by atoms with Gasteiger partial charge in [-0.25, -0.2) is 0 Å². The number of piperazine rings is 1. The minimum Gasteiger partial charge on any atom is -0.334 e. The molecule has 1 unspecified atom stereocenters. The van der Waals surface area contributed by atoms with E-state index < -0.39 is 0 Å². The lowest BCUT2D eigenvalue weighted by atomic mass is 10.2. The second kappa shape index (κ2) is 8.32. The van der Waals surface area contributed by atoms with Crippen LogP contribution < -0.4 is 5.32 Å². The van der Waals surface area contributed by atoms with Crippen LogP contribution in [-0.4, -0.2) is 85.6 Å². The smallest absolute Gasteiger partial charge is 0.237 e. The van der Waals surface area contributed by atoms with Crippen molar-refractivity contribution < 1.29 is 4.79 Å². The van der Waals surface area contributed by atoms with Gasteiger partial charge < -0.3 is 10.2 Å². The molecule has 5 heteroatoms. The third kappa shape index (κ3) is 4.66. The molecule has 0 aromatic carbocycles. The zero-order valence-corrected chi connectivity index (χ0v) is 13.0. The third-order valence-corrected chi connectivity index (χ3v) is 4.37. The number of nitrogens with zero attached hydrogens (tertiary/aromatic N) is 3. The maximum atomic E-state index is 12.3. The molecule has 2 heterocycles. The summed E-state index contributed by atoms with van der Waals surface area (Å²) in [5.74, 6) is 0.172. The van der Waals surface area contributed by atoms with E-state index in [9.17, 15) is 4.79 Å². The second-order valence-corrected chi connectivity index (χ2v) is 5.83. The Balaban J connectivity index is 1.75. The van der Waals surface area contributed by atoms with Gasteiger partial charge in [-0.3, -0.25) is 14.6 Å². The predicted molar refractivity (Wildman–Crippen MR) is 86.3 cm³/mol. The highest BCUT2D eigenvalue weighted by molar-refractivity contribution is 5.78. The average molecular weight is 292 g/mol. The molecular formula is C16H28N4O. The normalized spacial score (nSPS) is 23.9. The maximum absolute atomic E-state index is 12.3. The van der Waals surface area contributed by atoms with Gasteiger partial charge in [0.15, 0.2) is 0 Å². The van der Waals surface area contributed by atoms with E-state index in [1.165, 1.54) is 6.42 Å². The maximum Gasteiger partial charge on any atom is 0.237 e. The minimum atomic E-state index is 0.172. The molecule has 21 heavy (non-hydrogen) atoms. The van der Waals surface area contributed by atoms with Crippen molar-refractivity contribution in [3.8, 4) is 0 Å². The fraction of sp³-hybridized carbons (Fsp3) is 0.688. The topological polar surface area (TPSA) is 38.8 Å². The van der Waals surface area contributed by atoms with E-state index in [0.29, 0.717) is 25.7 Å². The first kappa shape index (κ1) is 16.2. The molecule has 2 aliphatic heterocycles. The van der Waals surface area contributed by atoms with Crippen molar-refractivity contribution in [1.29, 1.82) is 0 Å². The van der Waals surface area contributed by atoms with Crippen molar-refractivity contribution in [2.24, 2.45) is 0 Å². The van der Waals surface area contributed by atoms with Gasteiger partial charge in [-0.2, -0.15) is 0 Å². The van der Waals surface area contributed by atoms with Crippen LogP contribution in [0.2, 0.25) is 0 Å². The Kier molecular flexibility index (Phi) is 6.42. The number of amides is 1. The first-order valence-electron chi connectivity index (χ1n) is 7.91. The lowest BCUT2D eigenvalue weighted by Gasteiger charge is -2.38. The molecule has 0 bridgehead atoms. The summed E-state index contributed by atoms with van der Waals surface area (Å²) >= 11 is 0.